The number of hydrazine groups is 1. The Morgan fingerprint density at radius 2 is 1.97 bits per heavy atom. The molecule has 0 bridgehead atoms. The molecule has 3 N–H and O–H groups in total. The van der Waals surface area contributed by atoms with Crippen molar-refractivity contribution in [3.63, 3.8) is 0 Å². The minimum atomic E-state index is -0.615. The maximum Gasteiger partial charge on any atom is 0.239 e. The van der Waals surface area contributed by atoms with Crippen LogP contribution in [0, 0.1) is 11.8 Å². The van der Waals surface area contributed by atoms with Gasteiger partial charge in [0.1, 0.15) is 12.2 Å². The minimum Gasteiger partial charge on any atom is -0.352 e. The van der Waals surface area contributed by atoms with Crippen LogP contribution in [-0.2, 0) is 17.8 Å². The Bertz CT molecular complexity index is 846. The van der Waals surface area contributed by atoms with E-state index in [1.807, 2.05) is 0 Å². The van der Waals surface area contributed by atoms with Crippen molar-refractivity contribution in [1.29, 1.82) is 0 Å². The molecule has 0 spiro atoms. The summed E-state index contributed by atoms with van der Waals surface area (Å²) >= 11 is 0. The highest BCUT2D eigenvalue weighted by Gasteiger charge is 2.45. The second-order valence-electron chi connectivity index (χ2n) is 11.3. The number of fused-ring (bicyclic) bond motifs is 2. The van der Waals surface area contributed by atoms with Crippen LogP contribution in [0.25, 0.3) is 0 Å². The van der Waals surface area contributed by atoms with E-state index >= 15 is 0 Å². The van der Waals surface area contributed by atoms with Crippen LogP contribution in [-0.4, -0.2) is 64.5 Å². The summed E-state index contributed by atoms with van der Waals surface area (Å²) in [5.41, 5.74) is 9.67. The number of aromatic nitrogens is 2. The molecule has 1 amide bonds. The van der Waals surface area contributed by atoms with Gasteiger partial charge < -0.3 is 5.32 Å². The molecule has 7 nitrogen and oxygen atoms in total. The zero-order valence-electron chi connectivity index (χ0n) is 19.6. The second kappa shape index (κ2) is 9.27. The lowest BCUT2D eigenvalue weighted by molar-refractivity contribution is -0.125. The Hall–Kier alpha value is -1.51. The molecule has 4 heterocycles. The van der Waals surface area contributed by atoms with Gasteiger partial charge in [0.25, 0.3) is 0 Å². The first-order valence-corrected chi connectivity index (χ1v) is 13.4. The van der Waals surface area contributed by atoms with E-state index < -0.39 is 6.17 Å². The van der Waals surface area contributed by atoms with Crippen molar-refractivity contribution in [2.45, 2.75) is 101 Å². The first-order valence-electron chi connectivity index (χ1n) is 13.4. The van der Waals surface area contributed by atoms with Crippen LogP contribution >= 0.6 is 0 Å². The number of carbonyl (C=O) groups is 1. The van der Waals surface area contributed by atoms with E-state index in [1.165, 1.54) is 30.5 Å². The van der Waals surface area contributed by atoms with Crippen LogP contribution in [0.1, 0.15) is 75.0 Å². The van der Waals surface area contributed by atoms with Gasteiger partial charge in [0.15, 0.2) is 0 Å². The fraction of sp³-hybridized carbons (Fsp3) is 0.840. The highest BCUT2D eigenvalue weighted by atomic mass is 19.1. The third-order valence-electron chi connectivity index (χ3n) is 9.11. The van der Waals surface area contributed by atoms with Gasteiger partial charge in [-0.3, -0.25) is 19.8 Å². The van der Waals surface area contributed by atoms with Crippen molar-refractivity contribution in [3.8, 4) is 0 Å². The molecular formula is C25H39FN6O. The van der Waals surface area contributed by atoms with Crippen molar-refractivity contribution in [1.82, 2.24) is 30.8 Å². The summed E-state index contributed by atoms with van der Waals surface area (Å²) in [7, 11) is 0. The Morgan fingerprint density at radius 3 is 2.79 bits per heavy atom. The first kappa shape index (κ1) is 22.0. The zero-order valence-corrected chi connectivity index (χ0v) is 19.6. The minimum absolute atomic E-state index is 0.149. The summed E-state index contributed by atoms with van der Waals surface area (Å²) in [6.07, 6.45) is 12.8. The third-order valence-corrected chi connectivity index (χ3v) is 9.11. The van der Waals surface area contributed by atoms with Gasteiger partial charge >= 0.3 is 0 Å². The average Bonchev–Trinajstić information content (AvgIpc) is 3.43. The summed E-state index contributed by atoms with van der Waals surface area (Å²) in [6.45, 7) is 3.31. The molecule has 2 aliphatic carbocycles. The number of carbonyl (C=O) groups excluding carboxylic acids is 1. The zero-order chi connectivity index (χ0) is 22.4. The van der Waals surface area contributed by atoms with Crippen molar-refractivity contribution in [3.05, 3.63) is 17.5 Å². The van der Waals surface area contributed by atoms with Gasteiger partial charge in [-0.1, -0.05) is 0 Å². The number of nitrogens with zero attached hydrogens (tertiary/aromatic N) is 3. The van der Waals surface area contributed by atoms with Crippen molar-refractivity contribution in [2.75, 3.05) is 19.6 Å². The standard InChI is InChI=1S/C25H39FN6O/c26-18-14-31(15-18)13-16-4-7-19(8-5-16)28-25(33)24-20-11-17(6-9-22(20)29-30-24)21-12-27-32-10-2-1-3-23(21)32/h12,16-20,22,24,29-30H,1-11,13-15H2,(H,28,33). The number of rotatable bonds is 5. The van der Waals surface area contributed by atoms with Gasteiger partial charge in [-0.2, -0.15) is 5.10 Å². The molecule has 8 heteroatoms. The van der Waals surface area contributed by atoms with Crippen LogP contribution in [0.4, 0.5) is 4.39 Å². The molecule has 4 atom stereocenters. The van der Waals surface area contributed by atoms with E-state index in [9.17, 15) is 9.18 Å². The molecule has 3 aliphatic heterocycles. The Balaban J connectivity index is 1.03. The number of hydrogen-bond acceptors (Lipinski definition) is 5. The van der Waals surface area contributed by atoms with Crippen LogP contribution in [0.15, 0.2) is 6.20 Å². The summed E-state index contributed by atoms with van der Waals surface area (Å²) < 4.78 is 15.3. The number of amides is 1. The number of aryl methyl sites for hydroxylation is 1. The van der Waals surface area contributed by atoms with Gasteiger partial charge in [0.05, 0.1) is 6.20 Å². The lowest BCUT2D eigenvalue weighted by atomic mass is 9.73. The summed E-state index contributed by atoms with van der Waals surface area (Å²) in [4.78, 5) is 15.5. The van der Waals surface area contributed by atoms with Crippen molar-refractivity contribution in [2.24, 2.45) is 11.8 Å². The van der Waals surface area contributed by atoms with Crippen LogP contribution in [0.5, 0.6) is 0 Å². The lowest BCUT2D eigenvalue weighted by Gasteiger charge is -2.39. The van der Waals surface area contributed by atoms with E-state index in [0.717, 1.165) is 58.0 Å². The number of hydrogen-bond donors (Lipinski definition) is 3. The average molecular weight is 459 g/mol. The van der Waals surface area contributed by atoms with Gasteiger partial charge in [-0.15, -0.1) is 0 Å². The smallest absolute Gasteiger partial charge is 0.239 e. The molecule has 0 radical (unpaired) electrons. The molecule has 33 heavy (non-hydrogen) atoms. The maximum atomic E-state index is 13.3. The largest absolute Gasteiger partial charge is 0.352 e. The lowest BCUT2D eigenvalue weighted by Crippen LogP contribution is -2.52. The normalized spacial score (nSPS) is 37.2. The highest BCUT2D eigenvalue weighted by Crippen LogP contribution is 2.41. The molecule has 0 aromatic carbocycles. The van der Waals surface area contributed by atoms with E-state index in [1.54, 1.807) is 0 Å². The van der Waals surface area contributed by atoms with Gasteiger partial charge in [0.2, 0.25) is 5.91 Å². The van der Waals surface area contributed by atoms with Gasteiger partial charge in [-0.05, 0) is 81.6 Å². The fourth-order valence-corrected chi connectivity index (χ4v) is 7.19. The molecular weight excluding hydrogens is 419 g/mol. The summed E-state index contributed by atoms with van der Waals surface area (Å²) in [6, 6.07) is 0.515. The number of likely N-dealkylation sites (tertiary alicyclic amines) is 1. The quantitative estimate of drug-likeness (QED) is 0.631. The molecule has 5 aliphatic rings. The molecule has 2 saturated heterocycles. The molecule has 2 saturated carbocycles. The van der Waals surface area contributed by atoms with Crippen LogP contribution in [0.3, 0.4) is 0 Å². The number of halogens is 1. The molecule has 6 rings (SSSR count). The van der Waals surface area contributed by atoms with Gasteiger partial charge in [0, 0.05) is 49.9 Å². The van der Waals surface area contributed by atoms with E-state index in [4.69, 9.17) is 0 Å². The predicted molar refractivity (Wildman–Crippen MR) is 124 cm³/mol. The molecule has 4 fully saturated rings. The molecule has 4 unspecified atom stereocenters. The topological polar surface area (TPSA) is 74.2 Å². The highest BCUT2D eigenvalue weighted by molar-refractivity contribution is 5.82. The second-order valence-corrected chi connectivity index (χ2v) is 11.3. The molecule has 1 aromatic rings. The third kappa shape index (κ3) is 4.46. The molecule has 182 valence electrons. The maximum absolute atomic E-state index is 13.3. The first-order chi connectivity index (χ1) is 16.1. The van der Waals surface area contributed by atoms with E-state index in [0.29, 0.717) is 36.9 Å². The van der Waals surface area contributed by atoms with Gasteiger partial charge in [-0.25, -0.2) is 9.82 Å². The Morgan fingerprint density at radius 1 is 1.12 bits per heavy atom. The van der Waals surface area contributed by atoms with Crippen LogP contribution < -0.4 is 16.2 Å². The summed E-state index contributed by atoms with van der Waals surface area (Å²) in [5, 5.41) is 8.04. The predicted octanol–water partition coefficient (Wildman–Crippen LogP) is 2.28. The van der Waals surface area contributed by atoms with E-state index in [-0.39, 0.29) is 18.0 Å². The van der Waals surface area contributed by atoms with Crippen LogP contribution in [0.2, 0.25) is 0 Å². The number of nitrogens with one attached hydrogen (secondary N) is 3. The SMILES string of the molecule is O=C(NC1CCC(CN2CC(F)C2)CC1)C1NNC2CCC(c3cnn4c3CCCC4)CC21. The fourth-order valence-electron chi connectivity index (χ4n) is 7.19. The monoisotopic (exact) mass is 458 g/mol. The summed E-state index contributed by atoms with van der Waals surface area (Å²) in [5.74, 6) is 1.67. The van der Waals surface area contributed by atoms with E-state index in [2.05, 4.69) is 37.0 Å². The van der Waals surface area contributed by atoms with Crippen molar-refractivity contribution >= 4 is 5.91 Å². The van der Waals surface area contributed by atoms with Crippen molar-refractivity contribution < 1.29 is 9.18 Å². The Labute approximate surface area is 196 Å². The number of alkyl halides is 1. The Kier molecular flexibility index (Phi) is 6.17. The molecule has 1 aromatic heterocycles.